The Hall–Kier alpha value is -0.570. The number of nitrogens with two attached hydrogens (primary N) is 1. The van der Waals surface area contributed by atoms with Crippen molar-refractivity contribution in [3.8, 4) is 0 Å². The molecule has 2 rings (SSSR count). The van der Waals surface area contributed by atoms with E-state index in [1.165, 1.54) is 12.8 Å². The van der Waals surface area contributed by atoms with Crippen LogP contribution in [0.1, 0.15) is 72.6 Å². The number of esters is 1. The lowest BCUT2D eigenvalue weighted by molar-refractivity contribution is -0.164. The van der Waals surface area contributed by atoms with E-state index in [0.29, 0.717) is 23.7 Å². The second-order valence-electron chi connectivity index (χ2n) is 8.11. The quantitative estimate of drug-likeness (QED) is 0.803. The van der Waals surface area contributed by atoms with Gasteiger partial charge in [-0.1, -0.05) is 34.1 Å². The molecule has 0 bridgehead atoms. The number of hydrogen-bond acceptors (Lipinski definition) is 3. The van der Waals surface area contributed by atoms with Crippen molar-refractivity contribution < 1.29 is 9.53 Å². The van der Waals surface area contributed by atoms with Crippen molar-refractivity contribution in [2.75, 3.05) is 0 Å². The van der Waals surface area contributed by atoms with Crippen molar-refractivity contribution >= 4 is 5.97 Å². The van der Waals surface area contributed by atoms with E-state index in [1.807, 2.05) is 0 Å². The van der Waals surface area contributed by atoms with Gasteiger partial charge < -0.3 is 10.5 Å². The molecule has 2 aliphatic carbocycles. The average molecular weight is 295 g/mol. The Balaban J connectivity index is 1.99. The zero-order valence-corrected chi connectivity index (χ0v) is 14.2. The minimum atomic E-state index is -0.727. The molecule has 2 saturated carbocycles. The van der Waals surface area contributed by atoms with Crippen LogP contribution in [0, 0.1) is 23.7 Å². The maximum absolute atomic E-state index is 12.6. The molecule has 3 nitrogen and oxygen atoms in total. The maximum Gasteiger partial charge on any atom is 0.326 e. The first-order valence-electron chi connectivity index (χ1n) is 8.82. The molecule has 0 aromatic carbocycles. The molecule has 2 N–H and O–H groups in total. The van der Waals surface area contributed by atoms with Gasteiger partial charge in [-0.25, -0.2) is 0 Å². The SMILES string of the molecule is CC1CCC(N)(C(=O)OC2CC(C)CCC2C(C)C)CC1. The van der Waals surface area contributed by atoms with Gasteiger partial charge in [0, 0.05) is 0 Å². The number of carbonyl (C=O) groups is 1. The molecular formula is C18H33NO2. The van der Waals surface area contributed by atoms with Gasteiger partial charge in [0.05, 0.1) is 0 Å². The van der Waals surface area contributed by atoms with Crippen LogP contribution in [0.2, 0.25) is 0 Å². The summed E-state index contributed by atoms with van der Waals surface area (Å²) >= 11 is 0. The summed E-state index contributed by atoms with van der Waals surface area (Å²) in [5.41, 5.74) is 5.64. The standard InChI is InChI=1S/C18H33NO2/c1-12(2)15-6-5-14(4)11-16(15)21-17(20)18(19)9-7-13(3)8-10-18/h12-16H,5-11,19H2,1-4H3. The zero-order chi connectivity index (χ0) is 15.6. The third-order valence-electron chi connectivity index (χ3n) is 5.79. The summed E-state index contributed by atoms with van der Waals surface area (Å²) in [5.74, 6) is 2.26. The topological polar surface area (TPSA) is 52.3 Å². The lowest BCUT2D eigenvalue weighted by atomic mass is 9.75. The van der Waals surface area contributed by atoms with Crippen LogP contribution in [-0.2, 0) is 9.53 Å². The molecule has 0 aliphatic heterocycles. The average Bonchev–Trinajstić information content (AvgIpc) is 2.42. The van der Waals surface area contributed by atoms with E-state index < -0.39 is 5.54 Å². The minimum absolute atomic E-state index is 0.0704. The number of hydrogen-bond donors (Lipinski definition) is 1. The Bertz CT molecular complexity index is 358. The second-order valence-corrected chi connectivity index (χ2v) is 8.11. The molecule has 122 valence electrons. The summed E-state index contributed by atoms with van der Waals surface area (Å²) in [6.07, 6.45) is 7.14. The van der Waals surface area contributed by atoms with Gasteiger partial charge in [-0.05, 0) is 62.2 Å². The van der Waals surface area contributed by atoms with Crippen LogP contribution in [0.15, 0.2) is 0 Å². The van der Waals surface area contributed by atoms with Crippen LogP contribution in [0.4, 0.5) is 0 Å². The third-order valence-corrected chi connectivity index (χ3v) is 5.79. The summed E-state index contributed by atoms with van der Waals surface area (Å²) in [4.78, 5) is 12.6. The van der Waals surface area contributed by atoms with Crippen molar-refractivity contribution in [2.45, 2.75) is 84.3 Å². The Kier molecular flexibility index (Phi) is 5.34. The largest absolute Gasteiger partial charge is 0.461 e. The van der Waals surface area contributed by atoms with Crippen molar-refractivity contribution in [3.63, 3.8) is 0 Å². The summed E-state index contributed by atoms with van der Waals surface area (Å²) in [6.45, 7) is 8.98. The highest BCUT2D eigenvalue weighted by atomic mass is 16.5. The molecule has 3 heteroatoms. The molecule has 21 heavy (non-hydrogen) atoms. The van der Waals surface area contributed by atoms with Gasteiger partial charge in [-0.2, -0.15) is 0 Å². The fourth-order valence-electron chi connectivity index (χ4n) is 3.99. The molecule has 0 radical (unpaired) electrons. The number of rotatable bonds is 3. The molecule has 0 aromatic rings. The van der Waals surface area contributed by atoms with Crippen LogP contribution in [0.3, 0.4) is 0 Å². The van der Waals surface area contributed by atoms with E-state index >= 15 is 0 Å². The van der Waals surface area contributed by atoms with Gasteiger partial charge in [-0.15, -0.1) is 0 Å². The van der Waals surface area contributed by atoms with Crippen LogP contribution < -0.4 is 5.73 Å². The molecule has 2 aliphatic rings. The normalized spacial score (nSPS) is 41.0. The monoisotopic (exact) mass is 295 g/mol. The maximum atomic E-state index is 12.6. The zero-order valence-electron chi connectivity index (χ0n) is 14.2. The van der Waals surface area contributed by atoms with Crippen molar-refractivity contribution in [1.29, 1.82) is 0 Å². The van der Waals surface area contributed by atoms with E-state index in [-0.39, 0.29) is 12.1 Å². The highest BCUT2D eigenvalue weighted by molar-refractivity contribution is 5.80. The molecule has 3 atom stereocenters. The molecule has 2 fully saturated rings. The first kappa shape index (κ1) is 16.8. The van der Waals surface area contributed by atoms with Crippen LogP contribution in [0.5, 0.6) is 0 Å². The van der Waals surface area contributed by atoms with E-state index in [9.17, 15) is 4.79 Å². The highest BCUT2D eigenvalue weighted by Crippen LogP contribution is 2.37. The summed E-state index contributed by atoms with van der Waals surface area (Å²) in [6, 6.07) is 0. The Morgan fingerprint density at radius 3 is 2.29 bits per heavy atom. The van der Waals surface area contributed by atoms with E-state index in [1.54, 1.807) is 0 Å². The Labute approximate surface area is 130 Å². The predicted octanol–water partition coefficient (Wildman–Crippen LogP) is 3.90. The number of ether oxygens (including phenoxy) is 1. The van der Waals surface area contributed by atoms with Gasteiger partial charge >= 0.3 is 5.97 Å². The molecule has 0 saturated heterocycles. The van der Waals surface area contributed by atoms with E-state index in [4.69, 9.17) is 10.5 Å². The highest BCUT2D eigenvalue weighted by Gasteiger charge is 2.42. The van der Waals surface area contributed by atoms with E-state index in [2.05, 4.69) is 27.7 Å². The van der Waals surface area contributed by atoms with Crippen LogP contribution >= 0.6 is 0 Å². The van der Waals surface area contributed by atoms with Gasteiger partial charge in [0.15, 0.2) is 0 Å². The predicted molar refractivity (Wildman–Crippen MR) is 85.8 cm³/mol. The van der Waals surface area contributed by atoms with Crippen molar-refractivity contribution in [3.05, 3.63) is 0 Å². The first-order chi connectivity index (χ1) is 9.82. The lowest BCUT2D eigenvalue weighted by Gasteiger charge is -2.40. The molecule has 0 aromatic heterocycles. The first-order valence-corrected chi connectivity index (χ1v) is 8.82. The minimum Gasteiger partial charge on any atom is -0.461 e. The smallest absolute Gasteiger partial charge is 0.326 e. The number of carbonyl (C=O) groups excluding carboxylic acids is 1. The van der Waals surface area contributed by atoms with Gasteiger partial charge in [0.1, 0.15) is 11.6 Å². The molecule has 3 unspecified atom stereocenters. The summed E-state index contributed by atoms with van der Waals surface area (Å²) < 4.78 is 5.95. The fourth-order valence-corrected chi connectivity index (χ4v) is 3.99. The molecular weight excluding hydrogens is 262 g/mol. The Morgan fingerprint density at radius 1 is 1.10 bits per heavy atom. The van der Waals surface area contributed by atoms with Crippen molar-refractivity contribution in [2.24, 2.45) is 29.4 Å². The van der Waals surface area contributed by atoms with Crippen LogP contribution in [-0.4, -0.2) is 17.6 Å². The van der Waals surface area contributed by atoms with Gasteiger partial charge in [0.25, 0.3) is 0 Å². The fraction of sp³-hybridized carbons (Fsp3) is 0.944. The summed E-state index contributed by atoms with van der Waals surface area (Å²) in [5, 5.41) is 0. The van der Waals surface area contributed by atoms with Gasteiger partial charge in [0.2, 0.25) is 0 Å². The van der Waals surface area contributed by atoms with E-state index in [0.717, 1.165) is 32.1 Å². The summed E-state index contributed by atoms with van der Waals surface area (Å²) in [7, 11) is 0. The molecule has 0 heterocycles. The van der Waals surface area contributed by atoms with Gasteiger partial charge in [-0.3, -0.25) is 4.79 Å². The lowest BCUT2D eigenvalue weighted by Crippen LogP contribution is -2.53. The molecule has 0 amide bonds. The Morgan fingerprint density at radius 2 is 1.71 bits per heavy atom. The van der Waals surface area contributed by atoms with Crippen molar-refractivity contribution in [1.82, 2.24) is 0 Å². The molecule has 0 spiro atoms. The second kappa shape index (κ2) is 6.68. The van der Waals surface area contributed by atoms with Crippen LogP contribution in [0.25, 0.3) is 0 Å². The third kappa shape index (κ3) is 4.00.